The number of para-hydroxylation sites is 1. The number of hydrogen-bond donors (Lipinski definition) is 0. The van der Waals surface area contributed by atoms with Gasteiger partial charge in [0.05, 0.1) is 29.5 Å². The molecule has 0 spiro atoms. The van der Waals surface area contributed by atoms with E-state index in [9.17, 15) is 4.79 Å². The van der Waals surface area contributed by atoms with E-state index in [1.165, 1.54) is 9.77 Å². The van der Waals surface area contributed by atoms with E-state index >= 15 is 0 Å². The fourth-order valence-electron chi connectivity index (χ4n) is 3.40. The smallest absolute Gasteiger partial charge is 0.274 e. The van der Waals surface area contributed by atoms with Crippen LogP contribution in [0.5, 0.6) is 0 Å². The number of rotatable bonds is 2. The second kappa shape index (κ2) is 6.57. The molecular weight excluding hydrogens is 366 g/mol. The number of benzene rings is 1. The molecule has 3 aromatic rings. The van der Waals surface area contributed by atoms with Crippen LogP contribution < -0.4 is 0 Å². The number of thiophene rings is 1. The SMILES string of the molecule is O=C(c1nn(-c2ccccc2)c2c1CSc1ccsc1-2)N1CCOCC1. The molecule has 2 aliphatic rings. The first-order valence-electron chi connectivity index (χ1n) is 8.58. The van der Waals surface area contributed by atoms with Crippen LogP contribution in [0.4, 0.5) is 0 Å². The van der Waals surface area contributed by atoms with Crippen LogP contribution in [0.3, 0.4) is 0 Å². The lowest BCUT2D eigenvalue weighted by atomic mass is 10.1. The summed E-state index contributed by atoms with van der Waals surface area (Å²) in [7, 11) is 0. The predicted octanol–water partition coefficient (Wildman–Crippen LogP) is 3.68. The maximum absolute atomic E-state index is 13.2. The Balaban J connectivity index is 1.67. The third kappa shape index (κ3) is 2.58. The Kier molecular flexibility index (Phi) is 4.07. The van der Waals surface area contributed by atoms with Gasteiger partial charge < -0.3 is 9.64 Å². The second-order valence-corrected chi connectivity index (χ2v) is 8.16. The summed E-state index contributed by atoms with van der Waals surface area (Å²) in [5.41, 5.74) is 3.68. The summed E-state index contributed by atoms with van der Waals surface area (Å²) < 4.78 is 7.33. The van der Waals surface area contributed by atoms with Crippen LogP contribution in [0.15, 0.2) is 46.7 Å². The molecule has 132 valence electrons. The molecule has 0 radical (unpaired) electrons. The van der Waals surface area contributed by atoms with Crippen LogP contribution in [-0.4, -0.2) is 46.9 Å². The van der Waals surface area contributed by atoms with E-state index in [1.807, 2.05) is 39.9 Å². The summed E-state index contributed by atoms with van der Waals surface area (Å²) in [5.74, 6) is 0.789. The van der Waals surface area contributed by atoms with Gasteiger partial charge in [-0.15, -0.1) is 23.1 Å². The van der Waals surface area contributed by atoms with Gasteiger partial charge >= 0.3 is 0 Å². The highest BCUT2D eigenvalue weighted by Gasteiger charge is 2.32. The largest absolute Gasteiger partial charge is 0.378 e. The molecule has 0 atom stereocenters. The van der Waals surface area contributed by atoms with Crippen molar-refractivity contribution in [2.24, 2.45) is 0 Å². The molecule has 2 aromatic heterocycles. The van der Waals surface area contributed by atoms with Gasteiger partial charge in [0, 0.05) is 29.3 Å². The third-order valence-corrected chi connectivity index (χ3v) is 6.84. The van der Waals surface area contributed by atoms with Gasteiger partial charge in [0.2, 0.25) is 0 Å². The molecule has 26 heavy (non-hydrogen) atoms. The standard InChI is InChI=1S/C19H17N3O2S2/c23-19(21-7-9-24-10-8-21)16-14-12-26-15-6-11-25-18(15)17(14)22(20-16)13-4-2-1-3-5-13/h1-6,11H,7-10,12H2. The van der Waals surface area contributed by atoms with Crippen molar-refractivity contribution >= 4 is 29.0 Å². The molecule has 4 heterocycles. The average Bonchev–Trinajstić information content (AvgIpc) is 3.33. The molecular formula is C19H17N3O2S2. The number of ether oxygens (including phenoxy) is 1. The minimum absolute atomic E-state index is 0.0137. The van der Waals surface area contributed by atoms with Gasteiger partial charge in [0.25, 0.3) is 5.91 Å². The Hall–Kier alpha value is -2.09. The number of thioether (sulfide) groups is 1. The van der Waals surface area contributed by atoms with Gasteiger partial charge in [-0.25, -0.2) is 4.68 Å². The Morgan fingerprint density at radius 1 is 1.12 bits per heavy atom. The van der Waals surface area contributed by atoms with E-state index in [4.69, 9.17) is 9.84 Å². The van der Waals surface area contributed by atoms with Crippen molar-refractivity contribution in [3.8, 4) is 16.3 Å². The van der Waals surface area contributed by atoms with Crippen molar-refractivity contribution in [1.82, 2.24) is 14.7 Å². The first kappa shape index (κ1) is 16.1. The zero-order valence-electron chi connectivity index (χ0n) is 14.1. The highest BCUT2D eigenvalue weighted by molar-refractivity contribution is 7.99. The molecule has 7 heteroatoms. The van der Waals surface area contributed by atoms with E-state index in [2.05, 4.69) is 11.4 Å². The Bertz CT molecular complexity index is 959. The first-order chi connectivity index (χ1) is 12.8. The van der Waals surface area contributed by atoms with E-state index in [0.29, 0.717) is 32.0 Å². The molecule has 1 fully saturated rings. The Labute approximate surface area is 159 Å². The minimum Gasteiger partial charge on any atom is -0.378 e. The lowest BCUT2D eigenvalue weighted by molar-refractivity contribution is 0.0298. The molecule has 0 bridgehead atoms. The zero-order valence-corrected chi connectivity index (χ0v) is 15.7. The molecule has 0 unspecified atom stereocenters. The highest BCUT2D eigenvalue weighted by Crippen LogP contribution is 2.46. The first-order valence-corrected chi connectivity index (χ1v) is 10.4. The van der Waals surface area contributed by atoms with Crippen molar-refractivity contribution in [2.75, 3.05) is 26.3 Å². The van der Waals surface area contributed by atoms with Crippen molar-refractivity contribution in [3.05, 3.63) is 53.0 Å². The van der Waals surface area contributed by atoms with Gasteiger partial charge in [0.15, 0.2) is 5.69 Å². The quantitative estimate of drug-likeness (QED) is 0.677. The van der Waals surface area contributed by atoms with Crippen LogP contribution in [0.2, 0.25) is 0 Å². The lowest BCUT2D eigenvalue weighted by Crippen LogP contribution is -2.41. The molecule has 0 saturated carbocycles. The van der Waals surface area contributed by atoms with E-state index < -0.39 is 0 Å². The lowest BCUT2D eigenvalue weighted by Gasteiger charge is -2.26. The maximum atomic E-state index is 13.2. The summed E-state index contributed by atoms with van der Waals surface area (Å²) in [5, 5.41) is 6.90. The zero-order chi connectivity index (χ0) is 17.5. The van der Waals surface area contributed by atoms with Crippen molar-refractivity contribution in [1.29, 1.82) is 0 Å². The molecule has 5 rings (SSSR count). The summed E-state index contributed by atoms with van der Waals surface area (Å²) in [4.78, 5) is 17.5. The molecule has 1 amide bonds. The molecule has 1 aromatic carbocycles. The molecule has 5 nitrogen and oxygen atoms in total. The van der Waals surface area contributed by atoms with E-state index in [1.54, 1.807) is 23.1 Å². The highest BCUT2D eigenvalue weighted by atomic mass is 32.2. The molecule has 1 saturated heterocycles. The summed E-state index contributed by atoms with van der Waals surface area (Å²) >= 11 is 3.50. The van der Waals surface area contributed by atoms with Crippen LogP contribution >= 0.6 is 23.1 Å². The molecule has 2 aliphatic heterocycles. The second-order valence-electron chi connectivity index (χ2n) is 6.23. The maximum Gasteiger partial charge on any atom is 0.274 e. The van der Waals surface area contributed by atoms with Crippen LogP contribution in [-0.2, 0) is 10.5 Å². The molecule has 0 aliphatic carbocycles. The van der Waals surface area contributed by atoms with Crippen LogP contribution in [0.25, 0.3) is 16.3 Å². The van der Waals surface area contributed by atoms with Crippen LogP contribution in [0, 0.1) is 0 Å². The molecule has 0 N–H and O–H groups in total. The number of nitrogens with zero attached hydrogens (tertiary/aromatic N) is 3. The monoisotopic (exact) mass is 383 g/mol. The van der Waals surface area contributed by atoms with Gasteiger partial charge in [-0.05, 0) is 23.6 Å². The number of fused-ring (bicyclic) bond motifs is 3. The average molecular weight is 383 g/mol. The topological polar surface area (TPSA) is 47.4 Å². The number of carbonyl (C=O) groups is 1. The van der Waals surface area contributed by atoms with Gasteiger partial charge in [-0.2, -0.15) is 5.10 Å². The fraction of sp³-hybridized carbons (Fsp3) is 0.263. The summed E-state index contributed by atoms with van der Waals surface area (Å²) in [6.07, 6.45) is 0. The summed E-state index contributed by atoms with van der Waals surface area (Å²) in [6.45, 7) is 2.45. The van der Waals surface area contributed by atoms with Crippen molar-refractivity contribution in [2.45, 2.75) is 10.6 Å². The summed E-state index contributed by atoms with van der Waals surface area (Å²) in [6, 6.07) is 12.2. The third-order valence-electron chi connectivity index (χ3n) is 4.70. The van der Waals surface area contributed by atoms with Crippen molar-refractivity contribution < 1.29 is 9.53 Å². The number of amides is 1. The Morgan fingerprint density at radius 3 is 2.73 bits per heavy atom. The number of hydrogen-bond acceptors (Lipinski definition) is 5. The fourth-order valence-corrected chi connectivity index (χ4v) is 5.62. The number of morpholine rings is 1. The van der Waals surface area contributed by atoms with Gasteiger partial charge in [-0.3, -0.25) is 4.79 Å². The predicted molar refractivity (Wildman–Crippen MR) is 103 cm³/mol. The number of carbonyl (C=O) groups excluding carboxylic acids is 1. The van der Waals surface area contributed by atoms with E-state index in [0.717, 1.165) is 22.7 Å². The number of aromatic nitrogens is 2. The minimum atomic E-state index is 0.0137. The van der Waals surface area contributed by atoms with Crippen LogP contribution in [0.1, 0.15) is 16.1 Å². The van der Waals surface area contributed by atoms with E-state index in [-0.39, 0.29) is 5.91 Å². The van der Waals surface area contributed by atoms with Gasteiger partial charge in [-0.1, -0.05) is 18.2 Å². The van der Waals surface area contributed by atoms with Gasteiger partial charge in [0.1, 0.15) is 0 Å². The van der Waals surface area contributed by atoms with Crippen molar-refractivity contribution in [3.63, 3.8) is 0 Å². The normalized spacial score (nSPS) is 16.2. The Morgan fingerprint density at radius 2 is 1.92 bits per heavy atom.